The van der Waals surface area contributed by atoms with Crippen molar-refractivity contribution in [2.45, 2.75) is 26.9 Å². The molecular weight excluding hydrogens is 510 g/mol. The fourth-order valence-corrected chi connectivity index (χ4v) is 5.13. The van der Waals surface area contributed by atoms with Crippen molar-refractivity contribution in [2.24, 2.45) is 0 Å². The highest BCUT2D eigenvalue weighted by atomic mass is 35.5. The summed E-state index contributed by atoms with van der Waals surface area (Å²) in [6.45, 7) is 4.71. The fourth-order valence-electron chi connectivity index (χ4n) is 4.84. The number of para-hydroxylation sites is 1. The Morgan fingerprint density at radius 1 is 0.949 bits per heavy atom. The van der Waals surface area contributed by atoms with E-state index in [9.17, 15) is 9.59 Å². The summed E-state index contributed by atoms with van der Waals surface area (Å²) < 4.78 is 9.20. The van der Waals surface area contributed by atoms with E-state index in [0.717, 1.165) is 27.7 Å². The van der Waals surface area contributed by atoms with Crippen molar-refractivity contribution in [1.82, 2.24) is 14.3 Å². The van der Waals surface area contributed by atoms with Crippen LogP contribution in [0.25, 0.3) is 28.2 Å². The van der Waals surface area contributed by atoms with Crippen LogP contribution in [0, 0.1) is 6.92 Å². The van der Waals surface area contributed by atoms with Gasteiger partial charge in [-0.3, -0.25) is 4.79 Å². The predicted molar refractivity (Wildman–Crippen MR) is 155 cm³/mol. The number of aromatic nitrogens is 3. The molecule has 0 saturated carbocycles. The second-order valence-electron chi connectivity index (χ2n) is 9.15. The van der Waals surface area contributed by atoms with E-state index in [2.05, 4.69) is 9.67 Å². The molecule has 39 heavy (non-hydrogen) atoms. The first-order valence-corrected chi connectivity index (χ1v) is 13.2. The van der Waals surface area contributed by atoms with Crippen LogP contribution in [0.15, 0.2) is 91.0 Å². The smallest absolute Gasteiger partial charge is 0.331 e. The van der Waals surface area contributed by atoms with Gasteiger partial charge in [-0.15, -0.1) is 0 Å². The van der Waals surface area contributed by atoms with Crippen molar-refractivity contribution in [2.75, 3.05) is 6.61 Å². The summed E-state index contributed by atoms with van der Waals surface area (Å²) in [5, 5.41) is 5.76. The molecule has 2 aromatic heterocycles. The molecule has 0 amide bonds. The molecule has 5 rings (SSSR count). The Morgan fingerprint density at radius 3 is 2.33 bits per heavy atom. The van der Waals surface area contributed by atoms with Crippen molar-refractivity contribution in [1.29, 1.82) is 0 Å². The molecule has 0 aliphatic rings. The van der Waals surface area contributed by atoms with E-state index in [1.807, 2.05) is 98.8 Å². The minimum Gasteiger partial charge on any atom is -0.454 e. The number of hydrogen-bond donors (Lipinski definition) is 0. The third-order valence-electron chi connectivity index (χ3n) is 6.63. The number of esters is 1. The summed E-state index contributed by atoms with van der Waals surface area (Å²) in [7, 11) is 0. The third kappa shape index (κ3) is 5.42. The third-order valence-corrected chi connectivity index (χ3v) is 7.03. The van der Waals surface area contributed by atoms with E-state index in [1.54, 1.807) is 10.8 Å². The number of fused-ring (bicyclic) bond motifs is 1. The SMILES string of the molecule is CCn1c(-c2ccccc2)c(C(=O)COC(=O)/C=C/c2c(C)nn(Cc3ccccc3)c2Cl)c2ccccc21. The number of nitrogens with zero attached hydrogens (tertiary/aromatic N) is 3. The first-order valence-electron chi connectivity index (χ1n) is 12.8. The van der Waals surface area contributed by atoms with Crippen LogP contribution in [0.3, 0.4) is 0 Å². The molecule has 0 atom stereocenters. The Kier molecular flexibility index (Phi) is 7.75. The van der Waals surface area contributed by atoms with Gasteiger partial charge in [-0.1, -0.05) is 90.5 Å². The number of ketones is 1. The Bertz CT molecular complexity index is 1670. The van der Waals surface area contributed by atoms with E-state index in [-0.39, 0.29) is 12.4 Å². The number of rotatable bonds is 9. The van der Waals surface area contributed by atoms with Crippen LogP contribution in [-0.4, -0.2) is 32.7 Å². The Labute approximate surface area is 232 Å². The van der Waals surface area contributed by atoms with Crippen LogP contribution >= 0.6 is 11.6 Å². The minimum atomic E-state index is -0.630. The summed E-state index contributed by atoms with van der Waals surface area (Å²) in [5.74, 6) is -0.890. The Morgan fingerprint density at radius 2 is 1.62 bits per heavy atom. The zero-order valence-corrected chi connectivity index (χ0v) is 22.6. The summed E-state index contributed by atoms with van der Waals surface area (Å²) >= 11 is 6.56. The van der Waals surface area contributed by atoms with Crippen molar-refractivity contribution in [3.63, 3.8) is 0 Å². The molecule has 3 aromatic carbocycles. The number of ether oxygens (including phenoxy) is 1. The first-order chi connectivity index (χ1) is 19.0. The molecule has 7 heteroatoms. The second kappa shape index (κ2) is 11.5. The molecule has 0 fully saturated rings. The van der Waals surface area contributed by atoms with Gasteiger partial charge in [0.1, 0.15) is 5.15 Å². The molecule has 2 heterocycles. The molecule has 0 aliphatic carbocycles. The van der Waals surface area contributed by atoms with Crippen LogP contribution in [0.5, 0.6) is 0 Å². The van der Waals surface area contributed by atoms with Gasteiger partial charge in [0.05, 0.1) is 23.5 Å². The summed E-state index contributed by atoms with van der Waals surface area (Å²) in [6, 6.07) is 27.5. The number of benzene rings is 3. The van der Waals surface area contributed by atoms with Gasteiger partial charge in [0, 0.05) is 29.1 Å². The van der Waals surface area contributed by atoms with Gasteiger partial charge >= 0.3 is 5.97 Å². The van der Waals surface area contributed by atoms with Gasteiger partial charge in [-0.05, 0) is 37.1 Å². The van der Waals surface area contributed by atoms with Crippen molar-refractivity contribution >= 4 is 40.3 Å². The zero-order valence-electron chi connectivity index (χ0n) is 21.8. The summed E-state index contributed by atoms with van der Waals surface area (Å²) in [6.07, 6.45) is 2.86. The lowest BCUT2D eigenvalue weighted by Crippen LogP contribution is -2.13. The number of Topliss-reactive ketones (excluding diaryl/α,β-unsaturated/α-hetero) is 1. The average Bonchev–Trinajstić information content (AvgIpc) is 3.44. The van der Waals surface area contributed by atoms with Crippen LogP contribution in [0.2, 0.25) is 5.15 Å². The van der Waals surface area contributed by atoms with E-state index >= 15 is 0 Å². The zero-order chi connectivity index (χ0) is 27.4. The van der Waals surface area contributed by atoms with Crippen LogP contribution in [-0.2, 0) is 22.6 Å². The number of hydrogen-bond acceptors (Lipinski definition) is 4. The highest BCUT2D eigenvalue weighted by Gasteiger charge is 2.23. The van der Waals surface area contributed by atoms with Gasteiger partial charge in [-0.2, -0.15) is 5.10 Å². The van der Waals surface area contributed by atoms with E-state index in [0.29, 0.717) is 35.1 Å². The monoisotopic (exact) mass is 537 g/mol. The predicted octanol–water partition coefficient (Wildman–Crippen LogP) is 6.97. The lowest BCUT2D eigenvalue weighted by atomic mass is 10.0. The fraction of sp³-hybridized carbons (Fsp3) is 0.156. The van der Waals surface area contributed by atoms with Gasteiger partial charge in [0.15, 0.2) is 6.61 Å². The molecule has 0 unspecified atom stereocenters. The van der Waals surface area contributed by atoms with Gasteiger partial charge in [0.2, 0.25) is 5.78 Å². The molecule has 0 N–H and O–H groups in total. The quantitative estimate of drug-likeness (QED) is 0.116. The van der Waals surface area contributed by atoms with E-state index in [1.165, 1.54) is 6.08 Å². The average molecular weight is 538 g/mol. The van der Waals surface area contributed by atoms with Crippen molar-refractivity contribution < 1.29 is 14.3 Å². The van der Waals surface area contributed by atoms with Crippen molar-refractivity contribution in [3.8, 4) is 11.3 Å². The van der Waals surface area contributed by atoms with Crippen LogP contribution < -0.4 is 0 Å². The molecule has 0 spiro atoms. The Hall–Kier alpha value is -4.42. The molecule has 0 bridgehead atoms. The van der Waals surface area contributed by atoms with Gasteiger partial charge < -0.3 is 9.30 Å². The second-order valence-corrected chi connectivity index (χ2v) is 9.51. The normalized spacial score (nSPS) is 11.4. The molecule has 5 aromatic rings. The minimum absolute atomic E-state index is 0.260. The molecule has 0 aliphatic heterocycles. The molecule has 6 nitrogen and oxygen atoms in total. The van der Waals surface area contributed by atoms with Crippen LogP contribution in [0.4, 0.5) is 0 Å². The number of halogens is 1. The lowest BCUT2D eigenvalue weighted by molar-refractivity contribution is -0.136. The lowest BCUT2D eigenvalue weighted by Gasteiger charge is -2.10. The van der Waals surface area contributed by atoms with E-state index < -0.39 is 5.97 Å². The van der Waals surface area contributed by atoms with Crippen molar-refractivity contribution in [3.05, 3.63) is 119 Å². The summed E-state index contributed by atoms with van der Waals surface area (Å²) in [4.78, 5) is 26.1. The molecule has 0 saturated heterocycles. The number of aryl methyl sites for hydroxylation is 2. The molecular formula is C32H28ClN3O3. The topological polar surface area (TPSA) is 66.1 Å². The number of carbonyl (C=O) groups is 2. The highest BCUT2D eigenvalue weighted by Crippen LogP contribution is 2.34. The van der Waals surface area contributed by atoms with Gasteiger partial charge in [0.25, 0.3) is 0 Å². The van der Waals surface area contributed by atoms with Gasteiger partial charge in [-0.25, -0.2) is 9.48 Å². The molecule has 0 radical (unpaired) electrons. The Balaban J connectivity index is 1.34. The van der Waals surface area contributed by atoms with Crippen LogP contribution in [0.1, 0.15) is 34.1 Å². The standard InChI is InChI=1S/C32H28ClN3O3/c1-3-35-27-17-11-10-16-26(27)30(31(35)24-14-8-5-9-15-24)28(37)21-39-29(38)19-18-25-22(2)34-36(32(25)33)20-23-12-6-4-7-13-23/h4-19H,3,20-21H2,1-2H3/b19-18+. The maximum atomic E-state index is 13.5. The largest absolute Gasteiger partial charge is 0.454 e. The molecule has 196 valence electrons. The number of carbonyl (C=O) groups excluding carboxylic acids is 2. The summed E-state index contributed by atoms with van der Waals surface area (Å²) in [5.41, 5.74) is 5.66. The van der Waals surface area contributed by atoms with E-state index in [4.69, 9.17) is 16.3 Å². The highest BCUT2D eigenvalue weighted by molar-refractivity contribution is 6.31. The first kappa shape index (κ1) is 26.2. The maximum absolute atomic E-state index is 13.5. The maximum Gasteiger partial charge on any atom is 0.331 e.